The van der Waals surface area contributed by atoms with Crippen molar-refractivity contribution in [1.29, 1.82) is 0 Å². The van der Waals surface area contributed by atoms with Crippen molar-refractivity contribution in [2.75, 3.05) is 11.9 Å². The average Bonchev–Trinajstić information content (AvgIpc) is 2.51. The van der Waals surface area contributed by atoms with E-state index in [-0.39, 0.29) is 0 Å². The van der Waals surface area contributed by atoms with Crippen LogP contribution in [-0.4, -0.2) is 18.6 Å². The zero-order valence-electron chi connectivity index (χ0n) is 13.0. The lowest BCUT2D eigenvalue weighted by Crippen LogP contribution is -2.48. The highest BCUT2D eigenvalue weighted by Gasteiger charge is 2.32. The minimum absolute atomic E-state index is 0.606. The van der Waals surface area contributed by atoms with Gasteiger partial charge in [0.1, 0.15) is 0 Å². The highest BCUT2D eigenvalue weighted by Crippen LogP contribution is 2.33. The molecule has 0 spiro atoms. The van der Waals surface area contributed by atoms with Crippen molar-refractivity contribution in [2.45, 2.75) is 64.0 Å². The summed E-state index contributed by atoms with van der Waals surface area (Å²) < 4.78 is 0. The molecule has 1 aliphatic heterocycles. The van der Waals surface area contributed by atoms with Crippen molar-refractivity contribution < 1.29 is 0 Å². The maximum atomic E-state index is 6.07. The third-order valence-electron chi connectivity index (χ3n) is 5.21. The van der Waals surface area contributed by atoms with Crippen LogP contribution in [-0.2, 0) is 0 Å². The van der Waals surface area contributed by atoms with Crippen LogP contribution in [0.15, 0.2) is 18.2 Å². The Labute approximate surface area is 133 Å². The van der Waals surface area contributed by atoms with Gasteiger partial charge in [-0.15, -0.1) is 0 Å². The van der Waals surface area contributed by atoms with Crippen LogP contribution in [0.2, 0.25) is 5.02 Å². The van der Waals surface area contributed by atoms with Gasteiger partial charge in [-0.05, 0) is 68.8 Å². The summed E-state index contributed by atoms with van der Waals surface area (Å²) in [5.41, 5.74) is 2.51. The largest absolute Gasteiger partial charge is 0.382 e. The lowest BCUT2D eigenvalue weighted by Gasteiger charge is -2.40. The van der Waals surface area contributed by atoms with E-state index < -0.39 is 0 Å². The Morgan fingerprint density at radius 3 is 2.67 bits per heavy atom. The summed E-state index contributed by atoms with van der Waals surface area (Å²) in [4.78, 5) is 0. The van der Waals surface area contributed by atoms with Gasteiger partial charge in [0.2, 0.25) is 0 Å². The third kappa shape index (κ3) is 3.73. The molecular weight excluding hydrogens is 280 g/mol. The topological polar surface area (TPSA) is 24.1 Å². The second kappa shape index (κ2) is 7.02. The van der Waals surface area contributed by atoms with Crippen molar-refractivity contribution in [3.63, 3.8) is 0 Å². The highest BCUT2D eigenvalue weighted by atomic mass is 35.5. The van der Waals surface area contributed by atoms with Gasteiger partial charge < -0.3 is 10.6 Å². The molecule has 2 aliphatic rings. The first-order valence-corrected chi connectivity index (χ1v) is 8.88. The molecule has 2 N–H and O–H groups in total. The molecule has 21 heavy (non-hydrogen) atoms. The smallest absolute Gasteiger partial charge is 0.0410 e. The summed E-state index contributed by atoms with van der Waals surface area (Å²) in [7, 11) is 0. The number of piperidine rings is 1. The molecule has 1 saturated heterocycles. The van der Waals surface area contributed by atoms with E-state index in [0.29, 0.717) is 12.1 Å². The molecule has 0 bridgehead atoms. The Balaban J connectivity index is 1.71. The van der Waals surface area contributed by atoms with Crippen LogP contribution in [0.3, 0.4) is 0 Å². The first-order valence-electron chi connectivity index (χ1n) is 8.50. The fraction of sp³-hybridized carbons (Fsp3) is 0.667. The number of hydrogen-bond donors (Lipinski definition) is 2. The molecule has 116 valence electrons. The van der Waals surface area contributed by atoms with Gasteiger partial charge in [0.15, 0.2) is 0 Å². The highest BCUT2D eigenvalue weighted by molar-refractivity contribution is 6.30. The summed E-state index contributed by atoms with van der Waals surface area (Å²) >= 11 is 6.07. The minimum Gasteiger partial charge on any atom is -0.382 e. The van der Waals surface area contributed by atoms with E-state index in [1.165, 1.54) is 62.7 Å². The normalized spacial score (nSPS) is 30.1. The molecule has 1 heterocycles. The molecule has 1 aliphatic carbocycles. The van der Waals surface area contributed by atoms with Crippen molar-refractivity contribution in [1.82, 2.24) is 5.32 Å². The fourth-order valence-electron chi connectivity index (χ4n) is 4.05. The zero-order chi connectivity index (χ0) is 14.7. The van der Waals surface area contributed by atoms with Gasteiger partial charge in [-0.3, -0.25) is 0 Å². The first kappa shape index (κ1) is 15.2. The van der Waals surface area contributed by atoms with Gasteiger partial charge in [-0.2, -0.15) is 0 Å². The van der Waals surface area contributed by atoms with Crippen LogP contribution in [0.4, 0.5) is 5.69 Å². The summed E-state index contributed by atoms with van der Waals surface area (Å²) in [6.07, 6.45) is 9.49. The Hall–Kier alpha value is -0.730. The predicted molar refractivity (Wildman–Crippen MR) is 91.2 cm³/mol. The number of benzene rings is 1. The number of aryl methyl sites for hydroxylation is 1. The monoisotopic (exact) mass is 306 g/mol. The first-order chi connectivity index (χ1) is 10.2. The quantitative estimate of drug-likeness (QED) is 0.841. The van der Waals surface area contributed by atoms with E-state index in [1.807, 2.05) is 6.07 Å². The van der Waals surface area contributed by atoms with Crippen LogP contribution in [0.1, 0.15) is 50.5 Å². The maximum absolute atomic E-state index is 6.07. The predicted octanol–water partition coefficient (Wildman–Crippen LogP) is 4.76. The molecule has 2 fully saturated rings. The second-order valence-corrected chi connectivity index (χ2v) is 7.15. The Kier molecular flexibility index (Phi) is 5.07. The zero-order valence-corrected chi connectivity index (χ0v) is 13.8. The van der Waals surface area contributed by atoms with Gasteiger partial charge in [-0.25, -0.2) is 0 Å². The number of halogens is 1. The van der Waals surface area contributed by atoms with Crippen molar-refractivity contribution in [3.8, 4) is 0 Å². The van der Waals surface area contributed by atoms with Crippen LogP contribution in [0.5, 0.6) is 0 Å². The molecule has 2 nitrogen and oxygen atoms in total. The van der Waals surface area contributed by atoms with Gasteiger partial charge in [0.25, 0.3) is 0 Å². The minimum atomic E-state index is 0.606. The van der Waals surface area contributed by atoms with Crippen LogP contribution < -0.4 is 10.6 Å². The molecular formula is C18H27ClN2. The molecule has 3 atom stereocenters. The summed E-state index contributed by atoms with van der Waals surface area (Å²) in [6.45, 7) is 3.35. The van der Waals surface area contributed by atoms with Crippen LogP contribution in [0.25, 0.3) is 0 Å². The number of rotatable bonds is 3. The Morgan fingerprint density at radius 1 is 1.10 bits per heavy atom. The molecule has 1 aromatic carbocycles. The van der Waals surface area contributed by atoms with E-state index in [9.17, 15) is 0 Å². The van der Waals surface area contributed by atoms with E-state index in [0.717, 1.165) is 10.9 Å². The fourth-order valence-corrected chi connectivity index (χ4v) is 4.28. The Morgan fingerprint density at radius 2 is 1.90 bits per heavy atom. The second-order valence-electron chi connectivity index (χ2n) is 6.71. The van der Waals surface area contributed by atoms with E-state index in [1.54, 1.807) is 0 Å². The Bertz CT molecular complexity index is 468. The van der Waals surface area contributed by atoms with Gasteiger partial charge in [0, 0.05) is 22.8 Å². The maximum Gasteiger partial charge on any atom is 0.0410 e. The molecule has 0 radical (unpaired) electrons. The average molecular weight is 307 g/mol. The molecule has 0 aromatic heterocycles. The molecule has 0 amide bonds. The van der Waals surface area contributed by atoms with Gasteiger partial charge in [0.05, 0.1) is 0 Å². The number of hydrogen-bond acceptors (Lipinski definition) is 2. The van der Waals surface area contributed by atoms with Crippen LogP contribution >= 0.6 is 11.6 Å². The van der Waals surface area contributed by atoms with Crippen molar-refractivity contribution in [3.05, 3.63) is 28.8 Å². The summed E-state index contributed by atoms with van der Waals surface area (Å²) in [6, 6.07) is 7.50. The van der Waals surface area contributed by atoms with Crippen LogP contribution in [0, 0.1) is 12.8 Å². The molecule has 1 aromatic rings. The van der Waals surface area contributed by atoms with Crippen molar-refractivity contribution in [2.24, 2.45) is 5.92 Å². The number of nitrogens with one attached hydrogen (secondary N) is 2. The molecule has 3 rings (SSSR count). The summed E-state index contributed by atoms with van der Waals surface area (Å²) in [5.74, 6) is 0.772. The molecule has 1 saturated carbocycles. The van der Waals surface area contributed by atoms with E-state index in [2.05, 4.69) is 29.7 Å². The number of anilines is 1. The van der Waals surface area contributed by atoms with Gasteiger partial charge >= 0.3 is 0 Å². The van der Waals surface area contributed by atoms with E-state index in [4.69, 9.17) is 11.6 Å². The SMILES string of the molecule is Cc1cc(Cl)ccc1NC1CCCCC1C1CCCCN1. The van der Waals surface area contributed by atoms with Gasteiger partial charge in [-0.1, -0.05) is 30.9 Å². The summed E-state index contributed by atoms with van der Waals surface area (Å²) in [5, 5.41) is 8.42. The molecule has 3 unspecified atom stereocenters. The van der Waals surface area contributed by atoms with Crippen molar-refractivity contribution >= 4 is 17.3 Å². The standard InChI is InChI=1S/C18H27ClN2/c1-13-12-14(19)9-10-16(13)21-18-8-3-2-6-15(18)17-7-4-5-11-20-17/h9-10,12,15,17-18,20-21H,2-8,11H2,1H3. The third-order valence-corrected chi connectivity index (χ3v) is 5.45. The molecule has 3 heteroatoms. The lowest BCUT2D eigenvalue weighted by atomic mass is 9.77. The lowest BCUT2D eigenvalue weighted by molar-refractivity contribution is 0.217. The van der Waals surface area contributed by atoms with E-state index >= 15 is 0 Å².